The van der Waals surface area contributed by atoms with E-state index in [-0.39, 0.29) is 11.4 Å². The quantitative estimate of drug-likeness (QED) is 0.890. The second-order valence-electron chi connectivity index (χ2n) is 4.70. The maximum absolute atomic E-state index is 12.9. The van der Waals surface area contributed by atoms with Crippen LogP contribution in [0.15, 0.2) is 24.3 Å². The Balaban J connectivity index is 2.32. The van der Waals surface area contributed by atoms with Gasteiger partial charge in [-0.05, 0) is 18.6 Å². The first-order chi connectivity index (χ1) is 10.6. The summed E-state index contributed by atoms with van der Waals surface area (Å²) < 4.78 is 64.9. The lowest BCUT2D eigenvalue weighted by Crippen LogP contribution is -2.19. The first-order valence-corrected chi connectivity index (χ1v) is 7.90. The number of nitrogens with one attached hydrogen (secondary N) is 2. The lowest BCUT2D eigenvalue weighted by atomic mass is 10.1. The monoisotopic (exact) mass is 344 g/mol. The molecule has 0 amide bonds. The molecule has 6 nitrogen and oxygen atoms in total. The van der Waals surface area contributed by atoms with Crippen molar-refractivity contribution in [2.75, 3.05) is 4.72 Å². The molecular formula is C13H11F3N4O2S. The van der Waals surface area contributed by atoms with Gasteiger partial charge < -0.3 is 0 Å². The molecular weight excluding hydrogens is 333 g/mol. The molecule has 23 heavy (non-hydrogen) atoms. The van der Waals surface area contributed by atoms with E-state index in [1.807, 2.05) is 4.72 Å². The number of rotatable bonds is 4. The third-order valence-corrected chi connectivity index (χ3v) is 4.17. The molecule has 0 aliphatic rings. The fourth-order valence-electron chi connectivity index (χ4n) is 1.95. The number of H-pyrrole nitrogens is 1. The van der Waals surface area contributed by atoms with Crippen molar-refractivity contribution in [2.24, 2.45) is 0 Å². The molecule has 0 bridgehead atoms. The summed E-state index contributed by atoms with van der Waals surface area (Å²) in [6, 6.07) is 6.16. The van der Waals surface area contributed by atoms with Crippen LogP contribution >= 0.6 is 0 Å². The van der Waals surface area contributed by atoms with E-state index in [9.17, 15) is 21.6 Å². The van der Waals surface area contributed by atoms with Crippen molar-refractivity contribution < 1.29 is 21.6 Å². The lowest BCUT2D eigenvalue weighted by molar-refractivity contribution is -0.138. The number of aromatic amines is 1. The number of alkyl halides is 3. The van der Waals surface area contributed by atoms with Crippen molar-refractivity contribution in [3.05, 3.63) is 46.6 Å². The van der Waals surface area contributed by atoms with Gasteiger partial charge in [-0.25, -0.2) is 8.42 Å². The number of sulfonamides is 1. The SMILES string of the molecule is Cc1[nH]nc(NS(=O)(=O)Cc2ccccc2C(F)(F)F)c1C#N. The van der Waals surface area contributed by atoms with E-state index < -0.39 is 33.1 Å². The Hall–Kier alpha value is -2.54. The molecule has 2 aromatic rings. The van der Waals surface area contributed by atoms with Crippen LogP contribution in [0.3, 0.4) is 0 Å². The first-order valence-electron chi connectivity index (χ1n) is 6.24. The van der Waals surface area contributed by atoms with Gasteiger partial charge in [-0.3, -0.25) is 9.82 Å². The van der Waals surface area contributed by atoms with E-state index in [0.717, 1.165) is 12.1 Å². The van der Waals surface area contributed by atoms with Crippen molar-refractivity contribution in [1.29, 1.82) is 5.26 Å². The largest absolute Gasteiger partial charge is 0.416 e. The number of anilines is 1. The van der Waals surface area contributed by atoms with Crippen LogP contribution in [0.4, 0.5) is 19.0 Å². The molecule has 0 radical (unpaired) electrons. The number of benzene rings is 1. The Morgan fingerprint density at radius 3 is 2.61 bits per heavy atom. The molecule has 0 saturated heterocycles. The Kier molecular flexibility index (Phi) is 4.33. The van der Waals surface area contributed by atoms with Crippen LogP contribution in [0.1, 0.15) is 22.4 Å². The summed E-state index contributed by atoms with van der Waals surface area (Å²) in [4.78, 5) is 0. The molecule has 0 atom stereocenters. The minimum atomic E-state index is -4.66. The minimum Gasteiger partial charge on any atom is -0.279 e. The third kappa shape index (κ3) is 3.81. The zero-order valence-electron chi connectivity index (χ0n) is 11.8. The summed E-state index contributed by atoms with van der Waals surface area (Å²) in [6.45, 7) is 1.52. The molecule has 0 unspecified atom stereocenters. The van der Waals surface area contributed by atoms with Gasteiger partial charge in [0, 0.05) is 0 Å². The second kappa shape index (κ2) is 5.92. The van der Waals surface area contributed by atoms with Gasteiger partial charge in [0.1, 0.15) is 11.6 Å². The lowest BCUT2D eigenvalue weighted by Gasteiger charge is -2.13. The predicted molar refractivity (Wildman–Crippen MR) is 75.7 cm³/mol. The molecule has 0 fully saturated rings. The summed E-state index contributed by atoms with van der Waals surface area (Å²) in [5.74, 6) is -1.13. The van der Waals surface area contributed by atoms with Crippen LogP contribution in [0.5, 0.6) is 0 Å². The van der Waals surface area contributed by atoms with Crippen molar-refractivity contribution in [1.82, 2.24) is 10.2 Å². The highest BCUT2D eigenvalue weighted by Gasteiger charge is 2.34. The summed E-state index contributed by atoms with van der Waals surface area (Å²) in [5.41, 5.74) is -1.08. The zero-order valence-corrected chi connectivity index (χ0v) is 12.6. The Bertz CT molecular complexity index is 866. The Labute approximate surface area is 130 Å². The molecule has 0 saturated carbocycles. The maximum atomic E-state index is 12.9. The number of aromatic nitrogens is 2. The topological polar surface area (TPSA) is 98.6 Å². The molecule has 2 rings (SSSR count). The van der Waals surface area contributed by atoms with Crippen LogP contribution in [-0.4, -0.2) is 18.6 Å². The second-order valence-corrected chi connectivity index (χ2v) is 6.42. The van der Waals surface area contributed by atoms with Gasteiger partial charge in [0.2, 0.25) is 10.0 Å². The number of halogens is 3. The Morgan fingerprint density at radius 2 is 2.00 bits per heavy atom. The van der Waals surface area contributed by atoms with Gasteiger partial charge in [0.15, 0.2) is 5.82 Å². The molecule has 1 aromatic carbocycles. The fraction of sp³-hybridized carbons (Fsp3) is 0.231. The fourth-order valence-corrected chi connectivity index (χ4v) is 3.13. The van der Waals surface area contributed by atoms with E-state index in [4.69, 9.17) is 5.26 Å². The summed E-state index contributed by atoms with van der Waals surface area (Å²) >= 11 is 0. The van der Waals surface area contributed by atoms with Gasteiger partial charge in [-0.2, -0.15) is 23.5 Å². The summed E-state index contributed by atoms with van der Waals surface area (Å²) in [6.07, 6.45) is -4.66. The van der Waals surface area contributed by atoms with Crippen LogP contribution < -0.4 is 4.72 Å². The average molecular weight is 344 g/mol. The molecule has 1 aromatic heterocycles. The molecule has 122 valence electrons. The molecule has 1 heterocycles. The third-order valence-electron chi connectivity index (χ3n) is 2.98. The van der Waals surface area contributed by atoms with E-state index in [2.05, 4.69) is 10.2 Å². The van der Waals surface area contributed by atoms with Crippen molar-refractivity contribution >= 4 is 15.8 Å². The average Bonchev–Trinajstić information content (AvgIpc) is 2.77. The molecule has 10 heteroatoms. The van der Waals surface area contributed by atoms with Crippen molar-refractivity contribution in [3.63, 3.8) is 0 Å². The van der Waals surface area contributed by atoms with Gasteiger partial charge in [0.05, 0.1) is 17.0 Å². The highest BCUT2D eigenvalue weighted by Crippen LogP contribution is 2.32. The Morgan fingerprint density at radius 1 is 1.35 bits per heavy atom. The first kappa shape index (κ1) is 16.8. The van der Waals surface area contributed by atoms with Crippen LogP contribution in [-0.2, 0) is 22.0 Å². The smallest absolute Gasteiger partial charge is 0.279 e. The highest BCUT2D eigenvalue weighted by atomic mass is 32.2. The predicted octanol–water partition coefficient (Wildman–Crippen LogP) is 2.55. The summed E-state index contributed by atoms with van der Waals surface area (Å²) in [5, 5.41) is 15.0. The van der Waals surface area contributed by atoms with Gasteiger partial charge in [-0.15, -0.1) is 0 Å². The number of hydrogen-bond acceptors (Lipinski definition) is 4. The minimum absolute atomic E-state index is 0.0160. The van der Waals surface area contributed by atoms with Crippen molar-refractivity contribution in [3.8, 4) is 6.07 Å². The standard InChI is InChI=1S/C13H11F3N4O2S/c1-8-10(6-17)12(19-18-8)20-23(21,22)7-9-4-2-3-5-11(9)13(14,15)16/h2-5H,7H2,1H3,(H2,18,19,20). The molecule has 2 N–H and O–H groups in total. The number of aryl methyl sites for hydroxylation is 1. The molecule has 0 aliphatic carbocycles. The van der Waals surface area contributed by atoms with Crippen LogP contribution in [0.2, 0.25) is 0 Å². The normalized spacial score (nSPS) is 12.0. The highest BCUT2D eigenvalue weighted by molar-refractivity contribution is 7.91. The van der Waals surface area contributed by atoms with Crippen LogP contribution in [0.25, 0.3) is 0 Å². The molecule has 0 aliphatic heterocycles. The van der Waals surface area contributed by atoms with E-state index in [1.165, 1.54) is 19.1 Å². The zero-order chi connectivity index (χ0) is 17.3. The van der Waals surface area contributed by atoms with E-state index >= 15 is 0 Å². The van der Waals surface area contributed by atoms with Gasteiger partial charge >= 0.3 is 6.18 Å². The van der Waals surface area contributed by atoms with Crippen molar-refractivity contribution in [2.45, 2.75) is 18.9 Å². The summed E-state index contributed by atoms with van der Waals surface area (Å²) in [7, 11) is -4.17. The van der Waals surface area contributed by atoms with E-state index in [1.54, 1.807) is 6.07 Å². The number of nitriles is 1. The van der Waals surface area contributed by atoms with Crippen LogP contribution in [0, 0.1) is 18.3 Å². The van der Waals surface area contributed by atoms with E-state index in [0.29, 0.717) is 5.69 Å². The number of hydrogen-bond donors (Lipinski definition) is 2. The van der Waals surface area contributed by atoms with Gasteiger partial charge in [-0.1, -0.05) is 18.2 Å². The maximum Gasteiger partial charge on any atom is 0.416 e. The number of nitrogens with zero attached hydrogens (tertiary/aromatic N) is 2. The van der Waals surface area contributed by atoms with Gasteiger partial charge in [0.25, 0.3) is 0 Å². The molecule has 0 spiro atoms.